The van der Waals surface area contributed by atoms with Gasteiger partial charge in [0.05, 0.1) is 16.6 Å². The zero-order chi connectivity index (χ0) is 22.5. The Morgan fingerprint density at radius 1 is 1.13 bits per heavy atom. The Hall–Kier alpha value is -2.91. The van der Waals surface area contributed by atoms with Gasteiger partial charge in [-0.1, -0.05) is 34.1 Å². The summed E-state index contributed by atoms with van der Waals surface area (Å²) in [5.41, 5.74) is 1.04. The lowest BCUT2D eigenvalue weighted by molar-refractivity contribution is -0.149. The molecule has 0 spiro atoms. The minimum atomic E-state index is -0.643. The number of hydrogen-bond donors (Lipinski definition) is 0. The van der Waals surface area contributed by atoms with Crippen LogP contribution in [0.4, 0.5) is 4.79 Å². The SMILES string of the molecule is CC(C)OC(=O)CN1C(=O)S/C(=C\c2ccc(OC(=O)c3cccc(Br)c3)cc2)C1=O. The first-order chi connectivity index (χ1) is 14.7. The molecule has 0 atom stereocenters. The molecule has 3 rings (SSSR count). The van der Waals surface area contributed by atoms with Crippen LogP contribution in [-0.2, 0) is 14.3 Å². The summed E-state index contributed by atoms with van der Waals surface area (Å²) in [7, 11) is 0. The average molecular weight is 504 g/mol. The quantitative estimate of drug-likeness (QED) is 0.321. The highest BCUT2D eigenvalue weighted by Gasteiger charge is 2.36. The fraction of sp³-hybridized carbons (Fsp3) is 0.182. The molecule has 0 N–H and O–H groups in total. The van der Waals surface area contributed by atoms with E-state index < -0.39 is 29.6 Å². The second kappa shape index (κ2) is 9.93. The summed E-state index contributed by atoms with van der Waals surface area (Å²) >= 11 is 4.06. The van der Waals surface area contributed by atoms with Crippen molar-refractivity contribution in [3.8, 4) is 5.75 Å². The summed E-state index contributed by atoms with van der Waals surface area (Å²) in [4.78, 5) is 49.6. The number of halogens is 1. The monoisotopic (exact) mass is 503 g/mol. The number of hydrogen-bond acceptors (Lipinski definition) is 7. The van der Waals surface area contributed by atoms with E-state index in [0.29, 0.717) is 16.9 Å². The largest absolute Gasteiger partial charge is 0.462 e. The third kappa shape index (κ3) is 6.05. The average Bonchev–Trinajstić information content (AvgIpc) is 2.96. The molecular formula is C22H18BrNO6S. The number of nitrogens with zero attached hydrogens (tertiary/aromatic N) is 1. The van der Waals surface area contributed by atoms with Crippen molar-refractivity contribution in [1.29, 1.82) is 0 Å². The van der Waals surface area contributed by atoms with Crippen LogP contribution in [0.15, 0.2) is 57.9 Å². The lowest BCUT2D eigenvalue weighted by atomic mass is 10.2. The van der Waals surface area contributed by atoms with Crippen LogP contribution in [0.5, 0.6) is 5.75 Å². The first-order valence-corrected chi connectivity index (χ1v) is 10.9. The number of ether oxygens (including phenoxy) is 2. The Morgan fingerprint density at radius 3 is 2.48 bits per heavy atom. The lowest BCUT2D eigenvalue weighted by Crippen LogP contribution is -2.35. The number of thioether (sulfide) groups is 1. The second-order valence-electron chi connectivity index (χ2n) is 6.78. The Kier molecular flexibility index (Phi) is 7.29. The minimum absolute atomic E-state index is 0.196. The van der Waals surface area contributed by atoms with Crippen LogP contribution in [0.2, 0.25) is 0 Å². The summed E-state index contributed by atoms with van der Waals surface area (Å²) in [5.74, 6) is -1.36. The molecule has 1 aliphatic rings. The number of rotatable bonds is 6. The molecule has 0 saturated carbocycles. The van der Waals surface area contributed by atoms with Gasteiger partial charge in [0.25, 0.3) is 11.1 Å². The molecule has 2 amide bonds. The Balaban J connectivity index is 1.66. The molecule has 9 heteroatoms. The highest BCUT2D eigenvalue weighted by atomic mass is 79.9. The predicted molar refractivity (Wildman–Crippen MR) is 119 cm³/mol. The van der Waals surface area contributed by atoms with Gasteiger partial charge in [0, 0.05) is 4.47 Å². The van der Waals surface area contributed by atoms with E-state index in [9.17, 15) is 19.2 Å². The summed E-state index contributed by atoms with van der Waals surface area (Å²) in [6, 6.07) is 13.3. The molecule has 0 aliphatic carbocycles. The summed E-state index contributed by atoms with van der Waals surface area (Å²) in [5, 5.41) is -0.531. The van der Waals surface area contributed by atoms with Crippen LogP contribution in [-0.4, -0.2) is 40.6 Å². The second-order valence-corrected chi connectivity index (χ2v) is 8.68. The van der Waals surface area contributed by atoms with Gasteiger partial charge in [0.15, 0.2) is 0 Å². The predicted octanol–water partition coefficient (Wildman–Crippen LogP) is 4.66. The van der Waals surface area contributed by atoms with E-state index in [1.54, 1.807) is 68.5 Å². The van der Waals surface area contributed by atoms with Crippen LogP contribution >= 0.6 is 27.7 Å². The smallest absolute Gasteiger partial charge is 0.343 e. The number of esters is 2. The van der Waals surface area contributed by atoms with Gasteiger partial charge in [-0.2, -0.15) is 0 Å². The molecule has 1 saturated heterocycles. The third-order valence-electron chi connectivity index (χ3n) is 3.98. The van der Waals surface area contributed by atoms with E-state index in [0.717, 1.165) is 21.1 Å². The van der Waals surface area contributed by atoms with Gasteiger partial charge in [-0.25, -0.2) is 4.79 Å². The van der Waals surface area contributed by atoms with Crippen molar-refractivity contribution >= 4 is 56.9 Å². The zero-order valence-electron chi connectivity index (χ0n) is 16.7. The van der Waals surface area contributed by atoms with Gasteiger partial charge in [0.1, 0.15) is 12.3 Å². The summed E-state index contributed by atoms with van der Waals surface area (Å²) in [6.07, 6.45) is 1.21. The maximum atomic E-state index is 12.5. The molecule has 0 bridgehead atoms. The molecule has 160 valence electrons. The van der Waals surface area contributed by atoms with Gasteiger partial charge in [-0.3, -0.25) is 19.3 Å². The first kappa shape index (κ1) is 22.8. The van der Waals surface area contributed by atoms with Crippen molar-refractivity contribution in [2.24, 2.45) is 0 Å². The van der Waals surface area contributed by atoms with Crippen LogP contribution in [0.1, 0.15) is 29.8 Å². The maximum Gasteiger partial charge on any atom is 0.343 e. The zero-order valence-corrected chi connectivity index (χ0v) is 19.1. The molecule has 0 radical (unpaired) electrons. The third-order valence-corrected chi connectivity index (χ3v) is 5.38. The molecule has 2 aromatic rings. The topological polar surface area (TPSA) is 90.0 Å². The van der Waals surface area contributed by atoms with Crippen molar-refractivity contribution in [2.75, 3.05) is 6.54 Å². The van der Waals surface area contributed by atoms with Crippen LogP contribution in [0, 0.1) is 0 Å². The molecular weight excluding hydrogens is 486 g/mol. The van der Waals surface area contributed by atoms with E-state index in [2.05, 4.69) is 15.9 Å². The Labute approximate surface area is 191 Å². The molecule has 1 fully saturated rings. The number of carbonyl (C=O) groups excluding carboxylic acids is 4. The van der Waals surface area contributed by atoms with Gasteiger partial charge in [0.2, 0.25) is 0 Å². The van der Waals surface area contributed by atoms with E-state index in [1.165, 1.54) is 0 Å². The number of amides is 2. The lowest BCUT2D eigenvalue weighted by Gasteiger charge is -2.13. The number of benzene rings is 2. The summed E-state index contributed by atoms with van der Waals surface area (Å²) < 4.78 is 11.1. The van der Waals surface area contributed by atoms with Gasteiger partial charge >= 0.3 is 11.9 Å². The molecule has 1 aliphatic heterocycles. The molecule has 2 aromatic carbocycles. The van der Waals surface area contributed by atoms with Crippen LogP contribution in [0.3, 0.4) is 0 Å². The highest BCUT2D eigenvalue weighted by Crippen LogP contribution is 2.32. The van der Waals surface area contributed by atoms with Crippen LogP contribution in [0.25, 0.3) is 6.08 Å². The van der Waals surface area contributed by atoms with Crippen LogP contribution < -0.4 is 4.74 Å². The molecule has 7 nitrogen and oxygen atoms in total. The van der Waals surface area contributed by atoms with Crippen molar-refractivity contribution < 1.29 is 28.7 Å². The Morgan fingerprint density at radius 2 is 1.84 bits per heavy atom. The maximum absolute atomic E-state index is 12.5. The molecule has 0 unspecified atom stereocenters. The fourth-order valence-corrected chi connectivity index (χ4v) is 3.87. The number of imide groups is 1. The van der Waals surface area contributed by atoms with E-state index in [4.69, 9.17) is 9.47 Å². The van der Waals surface area contributed by atoms with E-state index in [-0.39, 0.29) is 11.0 Å². The van der Waals surface area contributed by atoms with Crippen molar-refractivity contribution in [3.63, 3.8) is 0 Å². The fourth-order valence-electron chi connectivity index (χ4n) is 2.63. The molecule has 31 heavy (non-hydrogen) atoms. The van der Waals surface area contributed by atoms with Crippen molar-refractivity contribution in [1.82, 2.24) is 4.90 Å². The van der Waals surface area contributed by atoms with Crippen molar-refractivity contribution in [2.45, 2.75) is 20.0 Å². The normalized spacial score (nSPS) is 15.0. The van der Waals surface area contributed by atoms with Crippen molar-refractivity contribution in [3.05, 3.63) is 69.0 Å². The minimum Gasteiger partial charge on any atom is -0.462 e. The summed E-state index contributed by atoms with van der Waals surface area (Å²) in [6.45, 7) is 2.95. The van der Waals surface area contributed by atoms with E-state index in [1.807, 2.05) is 0 Å². The molecule has 0 aromatic heterocycles. The van der Waals surface area contributed by atoms with Gasteiger partial charge in [-0.05, 0) is 67.6 Å². The first-order valence-electron chi connectivity index (χ1n) is 9.25. The highest BCUT2D eigenvalue weighted by molar-refractivity contribution is 9.10. The van der Waals surface area contributed by atoms with E-state index >= 15 is 0 Å². The molecule has 1 heterocycles. The number of carbonyl (C=O) groups is 4. The Bertz CT molecular complexity index is 1060. The van der Waals surface area contributed by atoms with Gasteiger partial charge in [-0.15, -0.1) is 0 Å². The standard InChI is InChI=1S/C22H18BrNO6S/c1-13(2)29-19(25)12-24-20(26)18(31-22(24)28)10-14-6-8-17(9-7-14)30-21(27)15-4-3-5-16(23)11-15/h3-11,13H,12H2,1-2H3/b18-10-. The van der Waals surface area contributed by atoms with Gasteiger partial charge < -0.3 is 9.47 Å².